The highest BCUT2D eigenvalue weighted by Crippen LogP contribution is 2.18. The number of ketones is 1. The number of rotatable bonds is 4. The second-order valence-electron chi connectivity index (χ2n) is 6.37. The monoisotopic (exact) mass is 301 g/mol. The number of piperidine rings is 1. The Bertz CT molecular complexity index is 557. The summed E-state index contributed by atoms with van der Waals surface area (Å²) in [5, 5.41) is 10.1. The molecule has 0 aliphatic carbocycles. The van der Waals surface area contributed by atoms with Crippen LogP contribution in [0.1, 0.15) is 51.1 Å². The first kappa shape index (κ1) is 16.7. The summed E-state index contributed by atoms with van der Waals surface area (Å²) < 4.78 is 0. The van der Waals surface area contributed by atoms with Gasteiger partial charge >= 0.3 is 0 Å². The molecule has 118 valence electrons. The molecule has 2 heterocycles. The van der Waals surface area contributed by atoms with Crippen molar-refractivity contribution in [3.05, 3.63) is 30.1 Å². The van der Waals surface area contributed by atoms with Gasteiger partial charge in [0.1, 0.15) is 24.0 Å². The van der Waals surface area contributed by atoms with Crippen LogP contribution in [0.15, 0.2) is 24.5 Å². The summed E-state index contributed by atoms with van der Waals surface area (Å²) in [6, 6.07) is 4.53. The fraction of sp³-hybridized carbons (Fsp3) is 0.556. The van der Waals surface area contributed by atoms with E-state index in [1.54, 1.807) is 13.1 Å². The number of nitrogens with zero attached hydrogens (tertiary/aromatic N) is 1. The van der Waals surface area contributed by atoms with Gasteiger partial charge in [0.25, 0.3) is 0 Å². The van der Waals surface area contributed by atoms with Crippen molar-refractivity contribution in [2.45, 2.75) is 51.2 Å². The molecule has 4 nitrogen and oxygen atoms in total. The Morgan fingerprint density at radius 3 is 3.05 bits per heavy atom. The SMILES string of the molecule is CC(=O)C[C@@](C)(O)C#CC[NH+]1CCCC[C@@H]1c1cccnc1. The summed E-state index contributed by atoms with van der Waals surface area (Å²) in [6.45, 7) is 4.85. The Kier molecular flexibility index (Phi) is 5.70. The molecule has 1 saturated heterocycles. The van der Waals surface area contributed by atoms with E-state index in [4.69, 9.17) is 0 Å². The molecule has 0 saturated carbocycles. The number of aliphatic hydroxyl groups is 1. The van der Waals surface area contributed by atoms with Crippen LogP contribution in [0.25, 0.3) is 0 Å². The number of nitrogens with one attached hydrogen (secondary N) is 1. The fourth-order valence-corrected chi connectivity index (χ4v) is 3.15. The predicted molar refractivity (Wildman–Crippen MR) is 85.2 cm³/mol. The van der Waals surface area contributed by atoms with Crippen molar-refractivity contribution in [3.8, 4) is 11.8 Å². The normalized spacial score (nSPS) is 24.0. The average molecular weight is 301 g/mol. The molecule has 0 aromatic carbocycles. The van der Waals surface area contributed by atoms with E-state index < -0.39 is 5.60 Å². The number of likely N-dealkylation sites (tertiary alicyclic amines) is 1. The van der Waals surface area contributed by atoms with Gasteiger partial charge < -0.3 is 10.0 Å². The zero-order valence-corrected chi connectivity index (χ0v) is 13.4. The third-order valence-corrected chi connectivity index (χ3v) is 4.09. The molecule has 22 heavy (non-hydrogen) atoms. The standard InChI is InChI=1S/C18H24N2O2/c1-15(21)13-18(2,22)9-6-12-20-11-4-3-8-17(20)16-7-5-10-19-14-16/h5,7,10,14,17,22H,3-4,8,11-13H2,1-2H3/p+1/t17-,18+/m1/s1. The molecule has 2 rings (SSSR count). The van der Waals surface area contributed by atoms with Crippen molar-refractivity contribution < 1.29 is 14.8 Å². The largest absolute Gasteiger partial charge is 0.377 e. The van der Waals surface area contributed by atoms with Gasteiger partial charge in [0.15, 0.2) is 0 Å². The molecule has 0 radical (unpaired) electrons. The van der Waals surface area contributed by atoms with Gasteiger partial charge in [-0.05, 0) is 38.7 Å². The molecule has 1 fully saturated rings. The molecular formula is C18H25N2O2+. The number of Topliss-reactive ketones (excluding diaryl/α,β-unsaturated/α-hetero) is 1. The number of quaternary nitrogens is 1. The Balaban J connectivity index is 2.03. The number of aromatic nitrogens is 1. The average Bonchev–Trinajstić information content (AvgIpc) is 2.47. The van der Waals surface area contributed by atoms with E-state index in [2.05, 4.69) is 22.9 Å². The van der Waals surface area contributed by atoms with Gasteiger partial charge in [0.05, 0.1) is 6.54 Å². The fourth-order valence-electron chi connectivity index (χ4n) is 3.15. The lowest BCUT2D eigenvalue weighted by atomic mass is 9.96. The van der Waals surface area contributed by atoms with Crippen LogP contribution < -0.4 is 4.90 Å². The topological polar surface area (TPSA) is 54.6 Å². The Hall–Kier alpha value is -1.70. The Morgan fingerprint density at radius 2 is 2.36 bits per heavy atom. The van der Waals surface area contributed by atoms with Crippen molar-refractivity contribution in [3.63, 3.8) is 0 Å². The number of hydrogen-bond donors (Lipinski definition) is 2. The van der Waals surface area contributed by atoms with Gasteiger partial charge in [-0.2, -0.15) is 0 Å². The van der Waals surface area contributed by atoms with Crippen LogP contribution in [0.2, 0.25) is 0 Å². The van der Waals surface area contributed by atoms with Gasteiger partial charge in [-0.25, -0.2) is 0 Å². The zero-order chi connectivity index (χ0) is 16.0. The first-order valence-electron chi connectivity index (χ1n) is 7.94. The molecule has 0 amide bonds. The maximum absolute atomic E-state index is 11.1. The lowest BCUT2D eigenvalue weighted by Gasteiger charge is -2.31. The first-order chi connectivity index (χ1) is 10.5. The predicted octanol–water partition coefficient (Wildman–Crippen LogP) is 0.925. The van der Waals surface area contributed by atoms with Crippen molar-refractivity contribution in [1.29, 1.82) is 0 Å². The summed E-state index contributed by atoms with van der Waals surface area (Å²) in [4.78, 5) is 16.8. The molecule has 1 aliphatic rings. The number of hydrogen-bond acceptors (Lipinski definition) is 3. The minimum absolute atomic E-state index is 0.0437. The van der Waals surface area contributed by atoms with Gasteiger partial charge in [0.2, 0.25) is 0 Å². The van der Waals surface area contributed by atoms with Gasteiger partial charge in [-0.3, -0.25) is 9.78 Å². The highest BCUT2D eigenvalue weighted by Gasteiger charge is 2.27. The molecule has 1 unspecified atom stereocenters. The van der Waals surface area contributed by atoms with Crippen LogP contribution in [0.4, 0.5) is 0 Å². The van der Waals surface area contributed by atoms with Crippen molar-refractivity contribution in [1.82, 2.24) is 4.98 Å². The molecule has 1 aliphatic heterocycles. The minimum Gasteiger partial charge on any atom is -0.377 e. The molecule has 1 aromatic heterocycles. The summed E-state index contributed by atoms with van der Waals surface area (Å²) in [6.07, 6.45) is 7.41. The summed E-state index contributed by atoms with van der Waals surface area (Å²) >= 11 is 0. The van der Waals surface area contributed by atoms with E-state index in [9.17, 15) is 9.90 Å². The minimum atomic E-state index is -1.22. The highest BCUT2D eigenvalue weighted by atomic mass is 16.3. The van der Waals surface area contributed by atoms with E-state index >= 15 is 0 Å². The molecule has 1 aromatic rings. The molecule has 3 atom stereocenters. The van der Waals surface area contributed by atoms with Crippen molar-refractivity contribution >= 4 is 5.78 Å². The molecular weight excluding hydrogens is 276 g/mol. The van der Waals surface area contributed by atoms with E-state index in [0.29, 0.717) is 12.6 Å². The molecule has 0 spiro atoms. The van der Waals surface area contributed by atoms with Crippen LogP contribution in [-0.4, -0.2) is 34.6 Å². The van der Waals surface area contributed by atoms with Crippen LogP contribution in [0.3, 0.4) is 0 Å². The highest BCUT2D eigenvalue weighted by molar-refractivity contribution is 5.77. The van der Waals surface area contributed by atoms with E-state index in [0.717, 1.165) is 13.0 Å². The second-order valence-corrected chi connectivity index (χ2v) is 6.37. The maximum Gasteiger partial charge on any atom is 0.139 e. The van der Waals surface area contributed by atoms with Gasteiger partial charge in [-0.1, -0.05) is 12.0 Å². The third kappa shape index (κ3) is 4.94. The Morgan fingerprint density at radius 1 is 1.55 bits per heavy atom. The van der Waals surface area contributed by atoms with E-state index in [-0.39, 0.29) is 12.2 Å². The van der Waals surface area contributed by atoms with Crippen LogP contribution in [0, 0.1) is 11.8 Å². The smallest absolute Gasteiger partial charge is 0.139 e. The van der Waals surface area contributed by atoms with Crippen LogP contribution in [0.5, 0.6) is 0 Å². The van der Waals surface area contributed by atoms with Gasteiger partial charge in [-0.15, -0.1) is 0 Å². The number of pyridine rings is 1. The summed E-state index contributed by atoms with van der Waals surface area (Å²) in [7, 11) is 0. The second kappa shape index (κ2) is 7.53. The van der Waals surface area contributed by atoms with Crippen molar-refractivity contribution in [2.75, 3.05) is 13.1 Å². The molecule has 2 N–H and O–H groups in total. The Labute approximate surface area is 132 Å². The molecule has 4 heteroatoms. The van der Waals surface area contributed by atoms with Gasteiger partial charge in [0, 0.05) is 30.8 Å². The summed E-state index contributed by atoms with van der Waals surface area (Å²) in [5.41, 5.74) is 0.0414. The van der Waals surface area contributed by atoms with Crippen molar-refractivity contribution in [2.24, 2.45) is 0 Å². The lowest BCUT2D eigenvalue weighted by Crippen LogP contribution is -3.13. The first-order valence-corrected chi connectivity index (χ1v) is 7.94. The van der Waals surface area contributed by atoms with Crippen LogP contribution >= 0.6 is 0 Å². The lowest BCUT2D eigenvalue weighted by molar-refractivity contribution is -0.930. The quantitative estimate of drug-likeness (QED) is 0.813. The maximum atomic E-state index is 11.1. The number of carbonyl (C=O) groups is 1. The molecule has 0 bridgehead atoms. The van der Waals surface area contributed by atoms with E-state index in [1.807, 2.05) is 12.3 Å². The van der Waals surface area contributed by atoms with E-state index in [1.165, 1.54) is 30.2 Å². The zero-order valence-electron chi connectivity index (χ0n) is 13.4. The summed E-state index contributed by atoms with van der Waals surface area (Å²) in [5.74, 6) is 5.91. The third-order valence-electron chi connectivity index (χ3n) is 4.09. The van der Waals surface area contributed by atoms with Crippen LogP contribution in [-0.2, 0) is 4.79 Å². The number of carbonyl (C=O) groups excluding carboxylic acids is 1.